The van der Waals surface area contributed by atoms with E-state index in [9.17, 15) is 18.0 Å². The van der Waals surface area contributed by atoms with Crippen LogP contribution in [0.25, 0.3) is 0 Å². The minimum atomic E-state index is -3.52. The number of amides is 2. The highest BCUT2D eigenvalue weighted by atomic mass is 79.9. The molecular formula is C27H38BrN3O4S. The van der Waals surface area contributed by atoms with E-state index in [0.29, 0.717) is 12.1 Å². The lowest BCUT2D eigenvalue weighted by Gasteiger charge is -2.30. The molecular weight excluding hydrogens is 542 g/mol. The molecule has 0 aliphatic rings. The van der Waals surface area contributed by atoms with Crippen LogP contribution in [0.2, 0.25) is 0 Å². The van der Waals surface area contributed by atoms with Crippen molar-refractivity contribution >= 4 is 43.5 Å². The fourth-order valence-corrected chi connectivity index (χ4v) is 5.19. The zero-order chi connectivity index (χ0) is 26.9. The first-order valence-corrected chi connectivity index (χ1v) is 15.0. The smallest absolute Gasteiger partial charge is 0.242 e. The number of nitrogens with zero attached hydrogens (tertiary/aromatic N) is 2. The standard InChI is InChI=1S/C27H38BrN3O4S/c1-6-20(3)29-27(33)21(4)30(19-23-10-8-11-24(28)18-23)26(32)12-9-17-31(36(5,34)35)25-15-13-22(7-2)14-16-25/h8,10-11,13-16,18,20-21H,6-7,9,12,17,19H2,1-5H3,(H,29,33)/t20-,21-/m0/s1. The first-order chi connectivity index (χ1) is 17.0. The van der Waals surface area contributed by atoms with Crippen molar-refractivity contribution in [3.63, 3.8) is 0 Å². The summed E-state index contributed by atoms with van der Waals surface area (Å²) in [5, 5.41) is 2.96. The molecule has 2 aromatic carbocycles. The van der Waals surface area contributed by atoms with Gasteiger partial charge in [-0.05, 0) is 68.5 Å². The maximum Gasteiger partial charge on any atom is 0.242 e. The highest BCUT2D eigenvalue weighted by molar-refractivity contribution is 9.10. The third kappa shape index (κ3) is 8.92. The quantitative estimate of drug-likeness (QED) is 0.366. The van der Waals surface area contributed by atoms with Crippen LogP contribution in [0.15, 0.2) is 53.0 Å². The van der Waals surface area contributed by atoms with Gasteiger partial charge in [0.25, 0.3) is 0 Å². The van der Waals surface area contributed by atoms with Crippen LogP contribution in [-0.2, 0) is 32.6 Å². The minimum Gasteiger partial charge on any atom is -0.352 e. The van der Waals surface area contributed by atoms with Gasteiger partial charge in [-0.3, -0.25) is 13.9 Å². The van der Waals surface area contributed by atoms with Gasteiger partial charge in [-0.25, -0.2) is 8.42 Å². The Bertz CT molecular complexity index is 1120. The SMILES string of the molecule is CCc1ccc(N(CCCC(=O)N(Cc2cccc(Br)c2)[C@@H](C)C(=O)N[C@@H](C)CC)S(C)(=O)=O)cc1. The van der Waals surface area contributed by atoms with E-state index in [1.165, 1.54) is 10.6 Å². The lowest BCUT2D eigenvalue weighted by Crippen LogP contribution is -2.49. The molecule has 7 nitrogen and oxygen atoms in total. The molecule has 0 radical (unpaired) electrons. The number of benzene rings is 2. The number of rotatable bonds is 13. The van der Waals surface area contributed by atoms with Crippen LogP contribution >= 0.6 is 15.9 Å². The summed E-state index contributed by atoms with van der Waals surface area (Å²) in [6.07, 6.45) is 3.27. The van der Waals surface area contributed by atoms with E-state index in [1.807, 2.05) is 57.2 Å². The largest absolute Gasteiger partial charge is 0.352 e. The van der Waals surface area contributed by atoms with E-state index >= 15 is 0 Å². The number of hydrogen-bond donors (Lipinski definition) is 1. The second kappa shape index (κ2) is 13.8. The predicted octanol–water partition coefficient (Wildman–Crippen LogP) is 4.89. The molecule has 2 aromatic rings. The van der Waals surface area contributed by atoms with Crippen LogP contribution in [0.4, 0.5) is 5.69 Å². The Morgan fingerprint density at radius 1 is 1.03 bits per heavy atom. The molecule has 1 N–H and O–H groups in total. The zero-order valence-electron chi connectivity index (χ0n) is 21.8. The van der Waals surface area contributed by atoms with Gasteiger partial charge >= 0.3 is 0 Å². The molecule has 2 atom stereocenters. The van der Waals surface area contributed by atoms with Crippen molar-refractivity contribution in [2.75, 3.05) is 17.1 Å². The van der Waals surface area contributed by atoms with E-state index in [0.717, 1.165) is 28.4 Å². The van der Waals surface area contributed by atoms with Gasteiger partial charge in [0.15, 0.2) is 0 Å². The van der Waals surface area contributed by atoms with Crippen molar-refractivity contribution in [1.29, 1.82) is 0 Å². The lowest BCUT2D eigenvalue weighted by atomic mass is 10.1. The number of carbonyl (C=O) groups excluding carboxylic acids is 2. The van der Waals surface area contributed by atoms with Crippen LogP contribution in [0.5, 0.6) is 0 Å². The Hall–Kier alpha value is -2.39. The van der Waals surface area contributed by atoms with Gasteiger partial charge in [0.2, 0.25) is 21.8 Å². The van der Waals surface area contributed by atoms with Crippen molar-refractivity contribution < 1.29 is 18.0 Å². The van der Waals surface area contributed by atoms with Crippen molar-refractivity contribution in [2.24, 2.45) is 0 Å². The summed E-state index contributed by atoms with van der Waals surface area (Å²) >= 11 is 3.46. The molecule has 0 aliphatic carbocycles. The van der Waals surface area contributed by atoms with Gasteiger partial charge < -0.3 is 10.2 Å². The molecule has 198 valence electrons. The van der Waals surface area contributed by atoms with Crippen LogP contribution in [0, 0.1) is 0 Å². The molecule has 0 saturated heterocycles. The van der Waals surface area contributed by atoms with Crippen molar-refractivity contribution in [3.05, 3.63) is 64.1 Å². The molecule has 0 saturated carbocycles. The predicted molar refractivity (Wildman–Crippen MR) is 149 cm³/mol. The Morgan fingerprint density at radius 3 is 2.25 bits per heavy atom. The highest BCUT2D eigenvalue weighted by Gasteiger charge is 2.27. The monoisotopic (exact) mass is 579 g/mol. The fourth-order valence-electron chi connectivity index (χ4n) is 3.78. The lowest BCUT2D eigenvalue weighted by molar-refractivity contribution is -0.140. The maximum atomic E-state index is 13.4. The van der Waals surface area contributed by atoms with Crippen LogP contribution < -0.4 is 9.62 Å². The average molecular weight is 581 g/mol. The second-order valence-corrected chi connectivity index (χ2v) is 11.9. The van der Waals surface area contributed by atoms with Gasteiger partial charge in [-0.1, -0.05) is 54.0 Å². The number of halogens is 1. The second-order valence-electron chi connectivity index (χ2n) is 9.10. The molecule has 0 spiro atoms. The summed E-state index contributed by atoms with van der Waals surface area (Å²) in [6.45, 7) is 8.14. The molecule has 9 heteroatoms. The van der Waals surface area contributed by atoms with Gasteiger partial charge in [-0.2, -0.15) is 0 Å². The third-order valence-corrected chi connectivity index (χ3v) is 7.88. The molecule has 0 unspecified atom stereocenters. The van der Waals surface area contributed by atoms with Crippen LogP contribution in [0.3, 0.4) is 0 Å². The number of aryl methyl sites for hydroxylation is 1. The van der Waals surface area contributed by atoms with E-state index in [-0.39, 0.29) is 37.4 Å². The molecule has 0 heterocycles. The van der Waals surface area contributed by atoms with E-state index in [2.05, 4.69) is 21.2 Å². The highest BCUT2D eigenvalue weighted by Crippen LogP contribution is 2.21. The fraction of sp³-hybridized carbons (Fsp3) is 0.481. The Kier molecular flexibility index (Phi) is 11.4. The molecule has 0 bridgehead atoms. The van der Waals surface area contributed by atoms with E-state index in [4.69, 9.17) is 0 Å². The normalized spacial score (nSPS) is 13.1. The summed E-state index contributed by atoms with van der Waals surface area (Å²) in [5.41, 5.74) is 2.60. The zero-order valence-corrected chi connectivity index (χ0v) is 24.2. The molecule has 2 rings (SSSR count). The van der Waals surface area contributed by atoms with Gasteiger partial charge in [0.1, 0.15) is 6.04 Å². The van der Waals surface area contributed by atoms with Crippen molar-refractivity contribution in [2.45, 2.75) is 72.0 Å². The number of nitrogens with one attached hydrogen (secondary N) is 1. The summed E-state index contributed by atoms with van der Waals surface area (Å²) < 4.78 is 27.2. The van der Waals surface area contributed by atoms with Crippen molar-refractivity contribution in [1.82, 2.24) is 10.2 Å². The average Bonchev–Trinajstić information content (AvgIpc) is 2.83. The molecule has 0 aliphatic heterocycles. The first-order valence-electron chi connectivity index (χ1n) is 12.4. The number of anilines is 1. The third-order valence-electron chi connectivity index (χ3n) is 6.20. The molecule has 36 heavy (non-hydrogen) atoms. The topological polar surface area (TPSA) is 86.8 Å². The Balaban J connectivity index is 2.17. The van der Waals surface area contributed by atoms with E-state index < -0.39 is 16.1 Å². The maximum absolute atomic E-state index is 13.4. The molecule has 0 aromatic heterocycles. The Morgan fingerprint density at radius 2 is 1.69 bits per heavy atom. The minimum absolute atomic E-state index is 0.00480. The van der Waals surface area contributed by atoms with Crippen LogP contribution in [-0.4, -0.2) is 50.0 Å². The Labute approximate surface area is 224 Å². The van der Waals surface area contributed by atoms with Crippen molar-refractivity contribution in [3.8, 4) is 0 Å². The number of hydrogen-bond acceptors (Lipinski definition) is 4. The van der Waals surface area contributed by atoms with Gasteiger partial charge in [0.05, 0.1) is 11.9 Å². The van der Waals surface area contributed by atoms with Crippen LogP contribution in [0.1, 0.15) is 58.1 Å². The summed E-state index contributed by atoms with van der Waals surface area (Å²) in [6, 6.07) is 14.4. The first kappa shape index (κ1) is 29.8. The van der Waals surface area contributed by atoms with Gasteiger partial charge in [0, 0.05) is 30.0 Å². The molecule has 0 fully saturated rings. The van der Waals surface area contributed by atoms with Gasteiger partial charge in [-0.15, -0.1) is 0 Å². The number of sulfonamides is 1. The number of carbonyl (C=O) groups is 2. The summed E-state index contributed by atoms with van der Waals surface area (Å²) in [5.74, 6) is -0.405. The summed E-state index contributed by atoms with van der Waals surface area (Å²) in [7, 11) is -3.52. The van der Waals surface area contributed by atoms with E-state index in [1.54, 1.807) is 24.0 Å². The summed E-state index contributed by atoms with van der Waals surface area (Å²) in [4.78, 5) is 27.8. The molecule has 2 amide bonds.